The zero-order chi connectivity index (χ0) is 20.7. The first kappa shape index (κ1) is 19.5. The molecule has 1 N–H and O–H groups in total. The molecule has 0 radical (unpaired) electrons. The normalized spacial score (nSPS) is 18.9. The molecule has 0 atom stereocenters. The number of alkyl halides is 3. The van der Waals surface area contributed by atoms with Crippen molar-refractivity contribution in [3.63, 3.8) is 0 Å². The molecule has 0 spiro atoms. The fourth-order valence-corrected chi connectivity index (χ4v) is 4.41. The van der Waals surface area contributed by atoms with Crippen LogP contribution in [0.25, 0.3) is 10.9 Å². The number of aromatic nitrogens is 3. The lowest BCUT2D eigenvalue weighted by Gasteiger charge is -2.32. The van der Waals surface area contributed by atoms with E-state index in [1.165, 1.54) is 34.9 Å². The third-order valence-corrected chi connectivity index (χ3v) is 6.08. The van der Waals surface area contributed by atoms with Crippen LogP contribution in [-0.4, -0.2) is 45.0 Å². The maximum atomic E-state index is 12.8. The number of nitrogens with one attached hydrogen (secondary N) is 1. The number of hydrogen-bond donors (Lipinski definition) is 1. The maximum Gasteiger partial charge on any atom is 0.406 e. The smallest absolute Gasteiger partial charge is 0.406 e. The topological polar surface area (TPSA) is 46.1 Å². The Bertz CT molecular complexity index is 1010. The number of piperidine rings is 1. The van der Waals surface area contributed by atoms with E-state index in [1.54, 1.807) is 18.2 Å². The number of ether oxygens (including phenoxy) is 1. The third-order valence-electron chi connectivity index (χ3n) is 6.08. The van der Waals surface area contributed by atoms with Crippen molar-refractivity contribution in [1.29, 1.82) is 0 Å². The number of hydrogen-bond acceptors (Lipinski definition) is 3. The van der Waals surface area contributed by atoms with E-state index in [4.69, 9.17) is 4.74 Å². The molecule has 3 heterocycles. The highest BCUT2D eigenvalue weighted by Gasteiger charge is 2.30. The molecule has 1 aromatic carbocycles. The number of nitrogens with zero attached hydrogens (tertiary/aromatic N) is 3. The van der Waals surface area contributed by atoms with Crippen LogP contribution in [0.4, 0.5) is 13.2 Å². The predicted octanol–water partition coefficient (Wildman–Crippen LogP) is 4.85. The van der Waals surface area contributed by atoms with Gasteiger partial charge in [-0.25, -0.2) is 0 Å². The molecule has 5 nitrogen and oxygen atoms in total. The van der Waals surface area contributed by atoms with Gasteiger partial charge in [-0.15, -0.1) is 0 Å². The molecule has 2 aliphatic rings. The lowest BCUT2D eigenvalue weighted by atomic mass is 10.1. The number of benzene rings is 1. The van der Waals surface area contributed by atoms with Crippen molar-refractivity contribution in [2.75, 3.05) is 13.1 Å². The molecule has 1 aliphatic carbocycles. The van der Waals surface area contributed by atoms with Crippen LogP contribution in [0.3, 0.4) is 0 Å². The monoisotopic (exact) mass is 418 g/mol. The lowest BCUT2D eigenvalue weighted by molar-refractivity contribution is -0.139. The summed E-state index contributed by atoms with van der Waals surface area (Å²) in [5.41, 5.74) is 3.14. The Morgan fingerprint density at radius 1 is 1.10 bits per heavy atom. The standard InChI is InChI=1S/C22H25F3N4O/c23-22(24,25)14-29-11-8-18-19(29)2-1-3-20(18)30-17-6-9-28(10-7-17)13-16-12-26-27-21(16)15-4-5-15/h1-3,8,11-12,15,17H,4-7,9-10,13-14H2,(H,26,27). The minimum Gasteiger partial charge on any atom is -0.490 e. The summed E-state index contributed by atoms with van der Waals surface area (Å²) in [6, 6.07) is 7.03. The minimum absolute atomic E-state index is 0.0741. The number of rotatable bonds is 6. The molecule has 0 unspecified atom stereocenters. The van der Waals surface area contributed by atoms with Crippen LogP contribution in [0, 0.1) is 0 Å². The molecule has 5 rings (SSSR count). The quantitative estimate of drug-likeness (QED) is 0.623. The summed E-state index contributed by atoms with van der Waals surface area (Å²) in [7, 11) is 0. The Balaban J connectivity index is 1.21. The Hall–Kier alpha value is -2.48. The molecule has 1 aliphatic heterocycles. The van der Waals surface area contributed by atoms with Gasteiger partial charge in [-0.1, -0.05) is 6.07 Å². The van der Waals surface area contributed by atoms with Gasteiger partial charge < -0.3 is 9.30 Å². The zero-order valence-corrected chi connectivity index (χ0v) is 16.7. The van der Waals surface area contributed by atoms with Gasteiger partial charge in [0.15, 0.2) is 0 Å². The minimum atomic E-state index is -4.25. The molecule has 0 bridgehead atoms. The molecule has 30 heavy (non-hydrogen) atoms. The largest absolute Gasteiger partial charge is 0.490 e. The molecular formula is C22H25F3N4O. The second-order valence-corrected chi connectivity index (χ2v) is 8.42. The number of halogens is 3. The predicted molar refractivity (Wildman–Crippen MR) is 107 cm³/mol. The van der Waals surface area contributed by atoms with Crippen LogP contribution in [0.1, 0.15) is 42.9 Å². The maximum absolute atomic E-state index is 12.8. The summed E-state index contributed by atoms with van der Waals surface area (Å²) in [6.45, 7) is 1.79. The highest BCUT2D eigenvalue weighted by molar-refractivity contribution is 5.86. The Morgan fingerprint density at radius 2 is 1.90 bits per heavy atom. The van der Waals surface area contributed by atoms with Gasteiger partial charge in [-0.3, -0.25) is 10.00 Å². The molecule has 3 aromatic rings. The van der Waals surface area contributed by atoms with Crippen molar-refractivity contribution >= 4 is 10.9 Å². The van der Waals surface area contributed by atoms with Crippen LogP contribution in [0.2, 0.25) is 0 Å². The Morgan fingerprint density at radius 3 is 2.63 bits per heavy atom. The fourth-order valence-electron chi connectivity index (χ4n) is 4.41. The van der Waals surface area contributed by atoms with E-state index in [9.17, 15) is 13.2 Å². The summed E-state index contributed by atoms with van der Waals surface area (Å²) < 4.78 is 45.9. The van der Waals surface area contributed by atoms with Crippen molar-refractivity contribution in [2.24, 2.45) is 0 Å². The average Bonchev–Trinajstić information content (AvgIpc) is 3.32. The summed E-state index contributed by atoms with van der Waals surface area (Å²) in [6.07, 6.45) is 3.56. The van der Waals surface area contributed by atoms with Gasteiger partial charge >= 0.3 is 6.18 Å². The SMILES string of the molecule is FC(F)(F)Cn1ccc2c(OC3CCN(Cc4cn[nH]c4C4CC4)CC3)cccc21. The molecule has 2 aromatic heterocycles. The fraction of sp³-hybridized carbons (Fsp3) is 0.500. The number of aromatic amines is 1. The summed E-state index contributed by atoms with van der Waals surface area (Å²) in [5.74, 6) is 1.33. The first-order valence-electron chi connectivity index (χ1n) is 10.5. The van der Waals surface area contributed by atoms with E-state index in [0.717, 1.165) is 37.9 Å². The first-order valence-corrected chi connectivity index (χ1v) is 10.5. The van der Waals surface area contributed by atoms with Crippen LogP contribution in [0.5, 0.6) is 5.75 Å². The van der Waals surface area contributed by atoms with Gasteiger partial charge in [0.25, 0.3) is 0 Å². The van der Waals surface area contributed by atoms with E-state index in [0.29, 0.717) is 17.2 Å². The van der Waals surface area contributed by atoms with Gasteiger partial charge in [0.2, 0.25) is 0 Å². The number of fused-ring (bicyclic) bond motifs is 1. The second kappa shape index (κ2) is 7.65. The highest BCUT2D eigenvalue weighted by atomic mass is 19.4. The number of likely N-dealkylation sites (tertiary alicyclic amines) is 1. The van der Waals surface area contributed by atoms with Crippen molar-refractivity contribution in [3.8, 4) is 5.75 Å². The third kappa shape index (κ3) is 4.19. The van der Waals surface area contributed by atoms with Crippen molar-refractivity contribution in [2.45, 2.75) is 57.0 Å². The van der Waals surface area contributed by atoms with Crippen LogP contribution < -0.4 is 4.74 Å². The second-order valence-electron chi connectivity index (χ2n) is 8.42. The van der Waals surface area contributed by atoms with Gasteiger partial charge in [-0.05, 0) is 43.9 Å². The van der Waals surface area contributed by atoms with Gasteiger partial charge in [0.1, 0.15) is 18.4 Å². The lowest BCUT2D eigenvalue weighted by Crippen LogP contribution is -2.37. The van der Waals surface area contributed by atoms with Crippen molar-refractivity contribution < 1.29 is 17.9 Å². The summed E-state index contributed by atoms with van der Waals surface area (Å²) in [4.78, 5) is 2.43. The zero-order valence-electron chi connectivity index (χ0n) is 16.7. The van der Waals surface area contributed by atoms with E-state index >= 15 is 0 Å². The van der Waals surface area contributed by atoms with Crippen molar-refractivity contribution in [1.82, 2.24) is 19.7 Å². The number of H-pyrrole nitrogens is 1. The molecule has 160 valence electrons. The Labute approximate surface area is 172 Å². The van der Waals surface area contributed by atoms with Crippen LogP contribution >= 0.6 is 0 Å². The molecule has 1 saturated heterocycles. The van der Waals surface area contributed by atoms with Gasteiger partial charge in [-0.2, -0.15) is 18.3 Å². The highest BCUT2D eigenvalue weighted by Crippen LogP contribution is 2.40. The molecular weight excluding hydrogens is 393 g/mol. The molecule has 8 heteroatoms. The van der Waals surface area contributed by atoms with E-state index in [-0.39, 0.29) is 6.10 Å². The molecule has 0 amide bonds. The van der Waals surface area contributed by atoms with Crippen molar-refractivity contribution in [3.05, 3.63) is 47.9 Å². The van der Waals surface area contributed by atoms with Gasteiger partial charge in [0, 0.05) is 48.4 Å². The van der Waals surface area contributed by atoms with E-state index in [2.05, 4.69) is 15.1 Å². The molecule has 1 saturated carbocycles. The summed E-state index contributed by atoms with van der Waals surface area (Å²) >= 11 is 0. The van der Waals surface area contributed by atoms with E-state index in [1.807, 2.05) is 12.3 Å². The average molecular weight is 418 g/mol. The summed E-state index contributed by atoms with van der Waals surface area (Å²) in [5, 5.41) is 8.12. The van der Waals surface area contributed by atoms with Gasteiger partial charge in [0.05, 0.1) is 11.7 Å². The first-order chi connectivity index (χ1) is 14.5. The Kier molecular flexibility index (Phi) is 4.97. The van der Waals surface area contributed by atoms with Crippen LogP contribution in [-0.2, 0) is 13.1 Å². The van der Waals surface area contributed by atoms with E-state index < -0.39 is 12.7 Å². The molecule has 2 fully saturated rings. The van der Waals surface area contributed by atoms with Crippen LogP contribution in [0.15, 0.2) is 36.7 Å².